The van der Waals surface area contributed by atoms with E-state index < -0.39 is 5.41 Å². The van der Waals surface area contributed by atoms with E-state index in [9.17, 15) is 0 Å². The number of hydrogen-bond acceptors (Lipinski definition) is 4. The molecule has 0 fully saturated rings. The van der Waals surface area contributed by atoms with Crippen molar-refractivity contribution >= 4 is 11.3 Å². The SMILES string of the molecule is CC(C)(N)Cc1csc(C(C)(C)C#N)n1. The first kappa shape index (κ1) is 12.2. The molecular formula is C11H17N3S. The highest BCUT2D eigenvalue weighted by Gasteiger charge is 2.24. The van der Waals surface area contributed by atoms with E-state index in [0.29, 0.717) is 0 Å². The number of hydrogen-bond donors (Lipinski definition) is 1. The molecule has 1 rings (SSSR count). The number of aromatic nitrogens is 1. The van der Waals surface area contributed by atoms with Crippen LogP contribution in [0.25, 0.3) is 0 Å². The third-order valence-electron chi connectivity index (χ3n) is 2.00. The average molecular weight is 223 g/mol. The highest BCUT2D eigenvalue weighted by Crippen LogP contribution is 2.26. The second kappa shape index (κ2) is 3.92. The van der Waals surface area contributed by atoms with Gasteiger partial charge < -0.3 is 5.73 Å². The van der Waals surface area contributed by atoms with Gasteiger partial charge in [-0.05, 0) is 27.7 Å². The van der Waals surface area contributed by atoms with E-state index in [1.54, 1.807) is 0 Å². The maximum absolute atomic E-state index is 8.98. The number of nitrogens with two attached hydrogens (primary N) is 1. The van der Waals surface area contributed by atoms with Crippen LogP contribution >= 0.6 is 11.3 Å². The lowest BCUT2D eigenvalue weighted by atomic mass is 9.97. The fraction of sp³-hybridized carbons (Fsp3) is 0.636. The molecule has 0 spiro atoms. The van der Waals surface area contributed by atoms with Crippen LogP contribution in [0.4, 0.5) is 0 Å². The smallest absolute Gasteiger partial charge is 0.113 e. The van der Waals surface area contributed by atoms with Crippen LogP contribution in [-0.4, -0.2) is 10.5 Å². The van der Waals surface area contributed by atoms with Gasteiger partial charge in [0.05, 0.1) is 11.8 Å². The summed E-state index contributed by atoms with van der Waals surface area (Å²) in [6.45, 7) is 7.70. The first-order valence-corrected chi connectivity index (χ1v) is 5.77. The van der Waals surface area contributed by atoms with Gasteiger partial charge >= 0.3 is 0 Å². The van der Waals surface area contributed by atoms with Crippen molar-refractivity contribution in [3.63, 3.8) is 0 Å². The van der Waals surface area contributed by atoms with Gasteiger partial charge in [0.15, 0.2) is 0 Å². The van der Waals surface area contributed by atoms with Gasteiger partial charge in [-0.1, -0.05) is 0 Å². The quantitative estimate of drug-likeness (QED) is 0.854. The molecule has 0 aromatic carbocycles. The van der Waals surface area contributed by atoms with E-state index in [-0.39, 0.29) is 5.54 Å². The summed E-state index contributed by atoms with van der Waals surface area (Å²) in [6.07, 6.45) is 0.741. The summed E-state index contributed by atoms with van der Waals surface area (Å²) in [5.41, 5.74) is 6.15. The van der Waals surface area contributed by atoms with E-state index in [2.05, 4.69) is 11.1 Å². The molecule has 1 aromatic rings. The summed E-state index contributed by atoms with van der Waals surface area (Å²) in [4.78, 5) is 4.45. The summed E-state index contributed by atoms with van der Waals surface area (Å²) < 4.78 is 0. The highest BCUT2D eigenvalue weighted by atomic mass is 32.1. The highest BCUT2D eigenvalue weighted by molar-refractivity contribution is 7.09. The van der Waals surface area contributed by atoms with Gasteiger partial charge in [-0.25, -0.2) is 4.98 Å². The Morgan fingerprint density at radius 1 is 1.47 bits per heavy atom. The predicted molar refractivity (Wildman–Crippen MR) is 62.7 cm³/mol. The molecule has 0 saturated carbocycles. The molecule has 0 bridgehead atoms. The van der Waals surface area contributed by atoms with Crippen molar-refractivity contribution in [3.8, 4) is 6.07 Å². The van der Waals surface area contributed by atoms with E-state index in [0.717, 1.165) is 17.1 Å². The molecular weight excluding hydrogens is 206 g/mol. The van der Waals surface area contributed by atoms with Crippen LogP contribution in [0, 0.1) is 11.3 Å². The van der Waals surface area contributed by atoms with Crippen molar-refractivity contribution in [3.05, 3.63) is 16.1 Å². The van der Waals surface area contributed by atoms with E-state index in [1.807, 2.05) is 33.1 Å². The van der Waals surface area contributed by atoms with Crippen molar-refractivity contribution in [2.24, 2.45) is 5.73 Å². The largest absolute Gasteiger partial charge is 0.325 e. The molecule has 1 aromatic heterocycles. The average Bonchev–Trinajstić information content (AvgIpc) is 2.50. The molecule has 15 heavy (non-hydrogen) atoms. The minimum atomic E-state index is -0.498. The Bertz CT molecular complexity index is 379. The molecule has 1 heterocycles. The Hall–Kier alpha value is -0.920. The zero-order chi connectivity index (χ0) is 11.7. The molecule has 0 aliphatic heterocycles. The van der Waals surface area contributed by atoms with Gasteiger partial charge in [-0.15, -0.1) is 11.3 Å². The van der Waals surface area contributed by atoms with Crippen LogP contribution in [0.15, 0.2) is 5.38 Å². The number of nitriles is 1. The number of nitrogens with zero attached hydrogens (tertiary/aromatic N) is 2. The summed E-state index contributed by atoms with van der Waals surface area (Å²) in [7, 11) is 0. The maximum atomic E-state index is 8.98. The molecule has 0 aliphatic carbocycles. The number of rotatable bonds is 3. The molecule has 0 saturated heterocycles. The zero-order valence-corrected chi connectivity index (χ0v) is 10.5. The van der Waals surface area contributed by atoms with Gasteiger partial charge in [0, 0.05) is 17.3 Å². The first-order chi connectivity index (χ1) is 6.74. The van der Waals surface area contributed by atoms with E-state index in [4.69, 9.17) is 11.0 Å². The zero-order valence-electron chi connectivity index (χ0n) is 9.66. The Morgan fingerprint density at radius 2 is 2.07 bits per heavy atom. The molecule has 3 nitrogen and oxygen atoms in total. The standard InChI is InChI=1S/C11H17N3S/c1-10(2,7-12)9-14-8(6-15-9)5-11(3,4)13/h6H,5,13H2,1-4H3. The molecule has 4 heteroatoms. The van der Waals surface area contributed by atoms with E-state index in [1.165, 1.54) is 11.3 Å². The van der Waals surface area contributed by atoms with Crippen molar-refractivity contribution < 1.29 is 0 Å². The Kier molecular flexibility index (Phi) is 3.17. The fourth-order valence-corrected chi connectivity index (χ4v) is 2.08. The Labute approximate surface area is 94.9 Å². The predicted octanol–water partition coefficient (Wildman–Crippen LogP) is 2.22. The molecule has 0 amide bonds. The fourth-order valence-electron chi connectivity index (χ4n) is 1.19. The lowest BCUT2D eigenvalue weighted by molar-refractivity contribution is 0.509. The van der Waals surface area contributed by atoms with Gasteiger partial charge in [-0.3, -0.25) is 0 Å². The van der Waals surface area contributed by atoms with Gasteiger partial charge in [0.1, 0.15) is 10.4 Å². The Balaban J connectivity index is 2.87. The molecule has 0 radical (unpaired) electrons. The minimum Gasteiger partial charge on any atom is -0.325 e. The van der Waals surface area contributed by atoms with E-state index >= 15 is 0 Å². The summed E-state index contributed by atoms with van der Waals surface area (Å²) in [5, 5.41) is 11.8. The van der Waals surface area contributed by atoms with Gasteiger partial charge in [0.25, 0.3) is 0 Å². The summed E-state index contributed by atoms with van der Waals surface area (Å²) in [5.74, 6) is 0. The van der Waals surface area contributed by atoms with Crippen LogP contribution in [0.3, 0.4) is 0 Å². The lowest BCUT2D eigenvalue weighted by Crippen LogP contribution is -2.34. The van der Waals surface area contributed by atoms with Crippen LogP contribution in [0.5, 0.6) is 0 Å². The number of thiazole rings is 1. The van der Waals surface area contributed by atoms with Crippen LogP contribution < -0.4 is 5.73 Å². The van der Waals surface area contributed by atoms with Crippen molar-refractivity contribution in [1.82, 2.24) is 4.98 Å². The second-order valence-corrected chi connectivity index (χ2v) is 5.90. The Morgan fingerprint density at radius 3 is 2.53 bits per heavy atom. The summed E-state index contributed by atoms with van der Waals surface area (Å²) in [6, 6.07) is 2.25. The van der Waals surface area contributed by atoms with Crippen molar-refractivity contribution in [2.45, 2.75) is 45.1 Å². The lowest BCUT2D eigenvalue weighted by Gasteiger charge is -2.16. The van der Waals surface area contributed by atoms with Crippen molar-refractivity contribution in [1.29, 1.82) is 5.26 Å². The molecule has 2 N–H and O–H groups in total. The first-order valence-electron chi connectivity index (χ1n) is 4.90. The molecule has 0 atom stereocenters. The van der Waals surface area contributed by atoms with Gasteiger partial charge in [-0.2, -0.15) is 5.26 Å². The third kappa shape index (κ3) is 3.29. The normalized spacial score (nSPS) is 12.5. The molecule has 0 aliphatic rings. The maximum Gasteiger partial charge on any atom is 0.113 e. The third-order valence-corrected chi connectivity index (χ3v) is 3.22. The minimum absolute atomic E-state index is 0.248. The monoisotopic (exact) mass is 223 g/mol. The topological polar surface area (TPSA) is 62.7 Å². The molecule has 82 valence electrons. The second-order valence-electron chi connectivity index (χ2n) is 5.05. The van der Waals surface area contributed by atoms with Crippen LogP contribution in [0.2, 0.25) is 0 Å². The van der Waals surface area contributed by atoms with Gasteiger partial charge in [0.2, 0.25) is 0 Å². The van der Waals surface area contributed by atoms with Crippen LogP contribution in [-0.2, 0) is 11.8 Å². The molecule has 0 unspecified atom stereocenters. The van der Waals surface area contributed by atoms with Crippen molar-refractivity contribution in [2.75, 3.05) is 0 Å². The van der Waals surface area contributed by atoms with Crippen LogP contribution in [0.1, 0.15) is 38.4 Å². The summed E-state index contributed by atoms with van der Waals surface area (Å²) >= 11 is 1.53.